The number of benzene rings is 1. The van der Waals surface area contributed by atoms with Crippen LogP contribution in [0.15, 0.2) is 29.4 Å². The molecule has 0 aliphatic heterocycles. The van der Waals surface area contributed by atoms with Gasteiger partial charge in [-0.3, -0.25) is 0 Å². The molecule has 0 unspecified atom stereocenters. The van der Waals surface area contributed by atoms with Gasteiger partial charge in [0, 0.05) is 35.1 Å². The third-order valence-corrected chi connectivity index (χ3v) is 1.46. The van der Waals surface area contributed by atoms with Crippen molar-refractivity contribution in [3.63, 3.8) is 0 Å². The van der Waals surface area contributed by atoms with Crippen molar-refractivity contribution in [1.82, 2.24) is 0 Å². The molecule has 0 bridgehead atoms. The molecule has 2 nitrogen and oxygen atoms in total. The van der Waals surface area contributed by atoms with Gasteiger partial charge >= 0.3 is 6.18 Å². The molecule has 0 aliphatic rings. The van der Waals surface area contributed by atoms with Gasteiger partial charge in [0.15, 0.2) is 0 Å². The third-order valence-electron chi connectivity index (χ3n) is 1.46. The minimum Gasteiger partial charge on any atom is -0.411 e. The summed E-state index contributed by atoms with van der Waals surface area (Å²) in [7, 11) is 0. The summed E-state index contributed by atoms with van der Waals surface area (Å²) in [5.74, 6) is 0. The number of hydrogen-bond donors (Lipinski definition) is 1. The molecule has 0 aliphatic carbocycles. The van der Waals surface area contributed by atoms with Gasteiger partial charge in [0.1, 0.15) is 0 Å². The minimum atomic E-state index is -4.42. The van der Waals surface area contributed by atoms with Gasteiger partial charge in [0.2, 0.25) is 0 Å². The molecule has 6 heteroatoms. The Morgan fingerprint density at radius 1 is 1.21 bits per heavy atom. The van der Waals surface area contributed by atoms with Crippen LogP contribution in [0.2, 0.25) is 0 Å². The van der Waals surface area contributed by atoms with E-state index in [4.69, 9.17) is 5.21 Å². The zero-order valence-corrected chi connectivity index (χ0v) is 9.42. The van der Waals surface area contributed by atoms with Crippen molar-refractivity contribution in [2.75, 3.05) is 0 Å². The first-order chi connectivity index (χ1) is 6.05. The van der Waals surface area contributed by atoms with E-state index in [1.165, 1.54) is 18.2 Å². The maximum atomic E-state index is 12.2. The van der Waals surface area contributed by atoms with E-state index in [1.54, 1.807) is 0 Å². The molecule has 0 aromatic heterocycles. The quantitative estimate of drug-likeness (QED) is 0.329. The first-order valence-electron chi connectivity index (χ1n) is 3.39. The van der Waals surface area contributed by atoms with E-state index < -0.39 is 11.7 Å². The van der Waals surface area contributed by atoms with E-state index in [9.17, 15) is 13.2 Å². The zero-order chi connectivity index (χ0) is 9.90. The van der Waals surface area contributed by atoms with Gasteiger partial charge in [-0.1, -0.05) is 23.4 Å². The summed E-state index contributed by atoms with van der Waals surface area (Å²) in [5.41, 5.74) is -0.967. The largest absolute Gasteiger partial charge is 0.417 e. The molecule has 0 atom stereocenters. The molecule has 71 valence electrons. The number of hydrogen-bond acceptors (Lipinski definition) is 2. The van der Waals surface area contributed by atoms with Gasteiger partial charge in [-0.25, -0.2) is 0 Å². The molecule has 1 radical (unpaired) electrons. The Balaban J connectivity index is 0.00000169. The van der Waals surface area contributed by atoms with Crippen LogP contribution in [0, 0.1) is 0 Å². The monoisotopic (exact) mass is 212 g/mol. The van der Waals surface area contributed by atoms with Crippen molar-refractivity contribution in [3.05, 3.63) is 35.4 Å². The van der Waals surface area contributed by atoms with E-state index >= 15 is 0 Å². The van der Waals surface area contributed by atoms with Gasteiger partial charge in [0.05, 0.1) is 11.8 Å². The average Bonchev–Trinajstić information content (AvgIpc) is 2.04. The van der Waals surface area contributed by atoms with Crippen LogP contribution in [0.25, 0.3) is 0 Å². The van der Waals surface area contributed by atoms with Gasteiger partial charge < -0.3 is 5.21 Å². The topological polar surface area (TPSA) is 32.6 Å². The van der Waals surface area contributed by atoms with Crippen LogP contribution in [0.5, 0.6) is 0 Å². The SMILES string of the molecule is ON=Cc1ccccc1C(F)(F)F.[Na]. The van der Waals surface area contributed by atoms with Crippen molar-refractivity contribution in [2.45, 2.75) is 6.18 Å². The minimum absolute atomic E-state index is 0. The molecule has 0 fully saturated rings. The molecule has 0 saturated carbocycles. The predicted octanol–water partition coefficient (Wildman–Crippen LogP) is 2.13. The number of halogens is 3. The Morgan fingerprint density at radius 2 is 1.79 bits per heavy atom. The fourth-order valence-electron chi connectivity index (χ4n) is 0.930. The summed E-state index contributed by atoms with van der Waals surface area (Å²) >= 11 is 0. The van der Waals surface area contributed by atoms with Crippen LogP contribution in [0.3, 0.4) is 0 Å². The molecule has 0 saturated heterocycles. The predicted molar refractivity (Wildman–Crippen MR) is 46.6 cm³/mol. The second-order valence-corrected chi connectivity index (χ2v) is 2.33. The number of rotatable bonds is 1. The fourth-order valence-corrected chi connectivity index (χ4v) is 0.930. The maximum absolute atomic E-state index is 12.2. The first-order valence-corrected chi connectivity index (χ1v) is 3.39. The molecule has 0 amide bonds. The Labute approximate surface area is 101 Å². The summed E-state index contributed by atoms with van der Waals surface area (Å²) in [5, 5.41) is 10.7. The smallest absolute Gasteiger partial charge is 0.411 e. The van der Waals surface area contributed by atoms with Crippen molar-refractivity contribution < 1.29 is 18.4 Å². The van der Waals surface area contributed by atoms with Gasteiger partial charge in [0.25, 0.3) is 0 Å². The zero-order valence-electron chi connectivity index (χ0n) is 7.42. The van der Waals surface area contributed by atoms with E-state index in [1.807, 2.05) is 0 Å². The van der Waals surface area contributed by atoms with Crippen molar-refractivity contribution in [2.24, 2.45) is 5.16 Å². The van der Waals surface area contributed by atoms with Crippen LogP contribution in [0.1, 0.15) is 11.1 Å². The second-order valence-electron chi connectivity index (χ2n) is 2.33. The normalized spacial score (nSPS) is 11.4. The van der Waals surface area contributed by atoms with Crippen LogP contribution < -0.4 is 0 Å². The standard InChI is InChI=1S/C8H6F3NO.Na/c9-8(10,11)7-4-2-1-3-6(7)5-12-13;/h1-5,13H;. The van der Waals surface area contributed by atoms with Crippen LogP contribution in [-0.2, 0) is 6.18 Å². The third kappa shape index (κ3) is 3.32. The molecule has 0 heterocycles. The van der Waals surface area contributed by atoms with E-state index in [0.29, 0.717) is 0 Å². The summed E-state index contributed by atoms with van der Waals surface area (Å²) in [4.78, 5) is 0. The fraction of sp³-hybridized carbons (Fsp3) is 0.125. The average molecular weight is 212 g/mol. The van der Waals surface area contributed by atoms with Gasteiger partial charge in [-0.2, -0.15) is 13.2 Å². The van der Waals surface area contributed by atoms with Crippen molar-refractivity contribution in [1.29, 1.82) is 0 Å². The molecule has 14 heavy (non-hydrogen) atoms. The van der Waals surface area contributed by atoms with E-state index in [-0.39, 0.29) is 35.1 Å². The van der Waals surface area contributed by atoms with E-state index in [2.05, 4.69) is 5.16 Å². The van der Waals surface area contributed by atoms with E-state index in [0.717, 1.165) is 12.3 Å². The molecule has 1 rings (SSSR count). The van der Waals surface area contributed by atoms with Gasteiger partial charge in [-0.05, 0) is 6.07 Å². The Morgan fingerprint density at radius 3 is 2.29 bits per heavy atom. The summed E-state index contributed by atoms with van der Waals surface area (Å²) in [6, 6.07) is 4.86. The molecular weight excluding hydrogens is 206 g/mol. The molecule has 1 N–H and O–H groups in total. The number of oxime groups is 1. The summed E-state index contributed by atoms with van der Waals surface area (Å²) in [6.45, 7) is 0. The maximum Gasteiger partial charge on any atom is 0.417 e. The molecular formula is C8H6F3NNaO. The molecule has 1 aromatic carbocycles. The summed E-state index contributed by atoms with van der Waals surface area (Å²) < 4.78 is 36.7. The van der Waals surface area contributed by atoms with Gasteiger partial charge in [-0.15, -0.1) is 0 Å². The number of nitrogens with zero attached hydrogens (tertiary/aromatic N) is 1. The Kier molecular flexibility index (Phi) is 5.18. The Bertz CT molecular complexity index is 325. The summed E-state index contributed by atoms with van der Waals surface area (Å²) in [6.07, 6.45) is -3.67. The van der Waals surface area contributed by atoms with Crippen molar-refractivity contribution >= 4 is 35.8 Å². The number of alkyl halides is 3. The second kappa shape index (κ2) is 5.38. The molecule has 0 spiro atoms. The Hall–Kier alpha value is -0.520. The van der Waals surface area contributed by atoms with Crippen LogP contribution in [-0.4, -0.2) is 41.0 Å². The molecule has 1 aromatic rings. The van der Waals surface area contributed by atoms with Crippen LogP contribution in [0.4, 0.5) is 13.2 Å². The first kappa shape index (κ1) is 13.5. The van der Waals surface area contributed by atoms with Crippen molar-refractivity contribution in [3.8, 4) is 0 Å². The van der Waals surface area contributed by atoms with Crippen LogP contribution >= 0.6 is 0 Å².